The third kappa shape index (κ3) is 1.22. The quantitative estimate of drug-likeness (QED) is 0.769. The first-order valence-electron chi connectivity index (χ1n) is 3.52. The number of hydrogen-bond donors (Lipinski definition) is 1. The summed E-state index contributed by atoms with van der Waals surface area (Å²) in [7, 11) is 0. The van der Waals surface area contributed by atoms with Crippen molar-refractivity contribution in [3.63, 3.8) is 0 Å². The summed E-state index contributed by atoms with van der Waals surface area (Å²) in [6.45, 7) is 0. The molecule has 1 aliphatic carbocycles. The Morgan fingerprint density at radius 1 is 1.64 bits per heavy atom. The van der Waals surface area contributed by atoms with Crippen LogP contribution in [0.5, 0.6) is 0 Å². The molecule has 0 amide bonds. The second kappa shape index (κ2) is 2.44. The number of aromatic amines is 1. The highest BCUT2D eigenvalue weighted by Crippen LogP contribution is 2.40. The molecule has 0 unspecified atom stereocenters. The first-order valence-corrected chi connectivity index (χ1v) is 4.31. The van der Waals surface area contributed by atoms with Gasteiger partial charge >= 0.3 is 0 Å². The smallest absolute Gasteiger partial charge is 0.265 e. The van der Waals surface area contributed by atoms with Gasteiger partial charge in [0.15, 0.2) is 0 Å². The first kappa shape index (κ1) is 7.03. The van der Waals surface area contributed by atoms with Gasteiger partial charge in [-0.05, 0) is 28.8 Å². The average molecular weight is 215 g/mol. The molecule has 3 nitrogen and oxygen atoms in total. The van der Waals surface area contributed by atoms with Gasteiger partial charge in [0, 0.05) is 5.92 Å². The minimum Gasteiger partial charge on any atom is -0.312 e. The molecular weight excluding hydrogens is 208 g/mol. The van der Waals surface area contributed by atoms with Gasteiger partial charge in [-0.2, -0.15) is 0 Å². The minimum absolute atomic E-state index is 0.0816. The lowest BCUT2D eigenvalue weighted by Crippen LogP contribution is -2.09. The summed E-state index contributed by atoms with van der Waals surface area (Å²) >= 11 is 3.21. The van der Waals surface area contributed by atoms with Gasteiger partial charge in [0.25, 0.3) is 5.56 Å². The van der Waals surface area contributed by atoms with Crippen LogP contribution in [0.25, 0.3) is 0 Å². The summed E-state index contributed by atoms with van der Waals surface area (Å²) in [4.78, 5) is 17.6. The monoisotopic (exact) mass is 214 g/mol. The molecule has 0 atom stereocenters. The molecule has 0 saturated heterocycles. The van der Waals surface area contributed by atoms with Gasteiger partial charge in [-0.3, -0.25) is 4.79 Å². The molecule has 0 spiro atoms. The zero-order valence-electron chi connectivity index (χ0n) is 5.80. The molecule has 1 fully saturated rings. The Kier molecular flexibility index (Phi) is 1.56. The van der Waals surface area contributed by atoms with E-state index in [1.54, 1.807) is 0 Å². The Balaban J connectivity index is 2.54. The highest BCUT2D eigenvalue weighted by atomic mass is 79.9. The highest BCUT2D eigenvalue weighted by molar-refractivity contribution is 9.10. The van der Waals surface area contributed by atoms with Crippen LogP contribution >= 0.6 is 15.9 Å². The molecule has 11 heavy (non-hydrogen) atoms. The summed E-state index contributed by atoms with van der Waals surface area (Å²) < 4.78 is 0.600. The molecule has 2 rings (SSSR count). The summed E-state index contributed by atoms with van der Waals surface area (Å²) in [5.41, 5.74) is 0.829. The SMILES string of the molecule is O=c1[nH]cnc(C2CC2)c1Br. The lowest BCUT2D eigenvalue weighted by atomic mass is 10.3. The van der Waals surface area contributed by atoms with Crippen LogP contribution in [0.15, 0.2) is 15.6 Å². The van der Waals surface area contributed by atoms with Crippen LogP contribution in [0.1, 0.15) is 24.5 Å². The molecule has 0 aliphatic heterocycles. The summed E-state index contributed by atoms with van der Waals surface area (Å²) in [6, 6.07) is 0. The summed E-state index contributed by atoms with van der Waals surface area (Å²) in [6.07, 6.45) is 3.78. The van der Waals surface area contributed by atoms with Gasteiger partial charge in [-0.1, -0.05) is 0 Å². The zero-order chi connectivity index (χ0) is 7.84. The fourth-order valence-electron chi connectivity index (χ4n) is 1.04. The van der Waals surface area contributed by atoms with Crippen molar-refractivity contribution in [2.45, 2.75) is 18.8 Å². The maximum absolute atomic E-state index is 11.0. The molecule has 58 valence electrons. The van der Waals surface area contributed by atoms with Gasteiger partial charge < -0.3 is 4.98 Å². The van der Waals surface area contributed by atoms with Crippen molar-refractivity contribution in [2.75, 3.05) is 0 Å². The topological polar surface area (TPSA) is 45.8 Å². The molecule has 0 radical (unpaired) electrons. The van der Waals surface area contributed by atoms with E-state index in [0.717, 1.165) is 18.5 Å². The lowest BCUT2D eigenvalue weighted by Gasteiger charge is -1.96. The number of hydrogen-bond acceptors (Lipinski definition) is 2. The predicted octanol–water partition coefficient (Wildman–Crippen LogP) is 1.41. The van der Waals surface area contributed by atoms with E-state index in [9.17, 15) is 4.79 Å². The van der Waals surface area contributed by atoms with Crippen LogP contribution < -0.4 is 5.56 Å². The predicted molar refractivity (Wildman–Crippen MR) is 44.5 cm³/mol. The van der Waals surface area contributed by atoms with Crippen molar-refractivity contribution in [1.29, 1.82) is 0 Å². The van der Waals surface area contributed by atoms with Crippen molar-refractivity contribution >= 4 is 15.9 Å². The van der Waals surface area contributed by atoms with Gasteiger partial charge in [-0.15, -0.1) is 0 Å². The number of halogens is 1. The van der Waals surface area contributed by atoms with E-state index in [4.69, 9.17) is 0 Å². The van der Waals surface area contributed by atoms with Crippen molar-refractivity contribution in [1.82, 2.24) is 9.97 Å². The third-order valence-electron chi connectivity index (χ3n) is 1.79. The molecule has 1 saturated carbocycles. The number of H-pyrrole nitrogens is 1. The number of rotatable bonds is 1. The molecule has 1 heterocycles. The van der Waals surface area contributed by atoms with Crippen LogP contribution in [0.2, 0.25) is 0 Å². The van der Waals surface area contributed by atoms with E-state index in [-0.39, 0.29) is 5.56 Å². The molecule has 0 aromatic carbocycles. The van der Waals surface area contributed by atoms with E-state index in [1.165, 1.54) is 6.33 Å². The Labute approximate surface area is 72.0 Å². The van der Waals surface area contributed by atoms with E-state index >= 15 is 0 Å². The first-order chi connectivity index (χ1) is 5.29. The molecule has 1 aromatic rings. The molecule has 0 bridgehead atoms. The van der Waals surface area contributed by atoms with Crippen LogP contribution in [-0.4, -0.2) is 9.97 Å². The normalized spacial score (nSPS) is 16.8. The van der Waals surface area contributed by atoms with Gasteiger partial charge in [0.1, 0.15) is 4.47 Å². The van der Waals surface area contributed by atoms with E-state index in [1.807, 2.05) is 0 Å². The lowest BCUT2D eigenvalue weighted by molar-refractivity contribution is 0.952. The van der Waals surface area contributed by atoms with Crippen molar-refractivity contribution in [2.24, 2.45) is 0 Å². The molecule has 4 heteroatoms. The third-order valence-corrected chi connectivity index (χ3v) is 2.55. The van der Waals surface area contributed by atoms with Crippen LogP contribution in [-0.2, 0) is 0 Å². The van der Waals surface area contributed by atoms with Crippen LogP contribution in [0.3, 0.4) is 0 Å². The maximum atomic E-state index is 11.0. The molecular formula is C7H7BrN2O. The van der Waals surface area contributed by atoms with Crippen molar-refractivity contribution in [3.8, 4) is 0 Å². The average Bonchev–Trinajstić information content (AvgIpc) is 2.77. The van der Waals surface area contributed by atoms with Crippen molar-refractivity contribution < 1.29 is 0 Å². The zero-order valence-corrected chi connectivity index (χ0v) is 7.39. The van der Waals surface area contributed by atoms with E-state index in [2.05, 4.69) is 25.9 Å². The Hall–Kier alpha value is -0.640. The van der Waals surface area contributed by atoms with Crippen molar-refractivity contribution in [3.05, 3.63) is 26.8 Å². The Morgan fingerprint density at radius 3 is 3.00 bits per heavy atom. The highest BCUT2D eigenvalue weighted by Gasteiger charge is 2.27. The second-order valence-corrected chi connectivity index (χ2v) is 3.50. The van der Waals surface area contributed by atoms with Crippen LogP contribution in [0, 0.1) is 0 Å². The fourth-order valence-corrected chi connectivity index (χ4v) is 1.58. The Bertz CT molecular complexity index is 329. The summed E-state index contributed by atoms with van der Waals surface area (Å²) in [5, 5.41) is 0. The van der Waals surface area contributed by atoms with E-state index < -0.39 is 0 Å². The minimum atomic E-state index is -0.0816. The Morgan fingerprint density at radius 2 is 2.36 bits per heavy atom. The number of nitrogens with zero attached hydrogens (tertiary/aromatic N) is 1. The number of aromatic nitrogens is 2. The number of nitrogens with one attached hydrogen (secondary N) is 1. The molecule has 1 aliphatic rings. The largest absolute Gasteiger partial charge is 0.312 e. The molecule has 1 N–H and O–H groups in total. The standard InChI is InChI=1S/C7H7BrN2O/c8-5-6(4-1-2-4)9-3-10-7(5)11/h3-4H,1-2H2,(H,9,10,11). The summed E-state index contributed by atoms with van der Waals surface area (Å²) in [5.74, 6) is 0.520. The van der Waals surface area contributed by atoms with Gasteiger partial charge in [0.2, 0.25) is 0 Å². The maximum Gasteiger partial charge on any atom is 0.265 e. The fraction of sp³-hybridized carbons (Fsp3) is 0.429. The van der Waals surface area contributed by atoms with Crippen LogP contribution in [0.4, 0.5) is 0 Å². The van der Waals surface area contributed by atoms with Gasteiger partial charge in [0.05, 0.1) is 12.0 Å². The van der Waals surface area contributed by atoms with Gasteiger partial charge in [-0.25, -0.2) is 4.98 Å². The van der Waals surface area contributed by atoms with E-state index in [0.29, 0.717) is 10.4 Å². The second-order valence-electron chi connectivity index (χ2n) is 2.71. The molecule has 1 aromatic heterocycles.